The molecule has 1 amide bonds. The predicted molar refractivity (Wildman–Crippen MR) is 91.7 cm³/mol. The lowest BCUT2D eigenvalue weighted by Gasteiger charge is -2.18. The van der Waals surface area contributed by atoms with Gasteiger partial charge in [0.15, 0.2) is 0 Å². The largest absolute Gasteiger partial charge is 0.356 e. The van der Waals surface area contributed by atoms with Gasteiger partial charge in [0.2, 0.25) is 5.91 Å². The number of benzene rings is 2. The molecule has 0 atom stereocenters. The Morgan fingerprint density at radius 1 is 0.917 bits per heavy atom. The number of carbonyl (C=O) groups excluding carboxylic acids is 1. The molecule has 0 spiro atoms. The van der Waals surface area contributed by atoms with Crippen LogP contribution in [0.25, 0.3) is 0 Å². The molecule has 2 rings (SSSR count). The molecule has 24 heavy (non-hydrogen) atoms. The second-order valence-electron chi connectivity index (χ2n) is 6.24. The van der Waals surface area contributed by atoms with Crippen LogP contribution in [0.5, 0.6) is 0 Å². The lowest BCUT2D eigenvalue weighted by molar-refractivity contribution is -0.123. The Hall–Kier alpha value is -2.23. The number of rotatable bonds is 7. The van der Waals surface area contributed by atoms with Gasteiger partial charge in [-0.15, -0.1) is 0 Å². The first-order valence-electron chi connectivity index (χ1n) is 8.26. The zero-order valence-electron chi connectivity index (χ0n) is 14.1. The minimum Gasteiger partial charge on any atom is -0.356 e. The summed E-state index contributed by atoms with van der Waals surface area (Å²) < 4.78 is 26.4. The first-order valence-corrected chi connectivity index (χ1v) is 8.26. The van der Waals surface area contributed by atoms with Gasteiger partial charge in [0.05, 0.1) is 0 Å². The topological polar surface area (TPSA) is 29.1 Å². The fourth-order valence-corrected chi connectivity index (χ4v) is 2.64. The maximum absolute atomic E-state index is 13.2. The number of amides is 1. The number of hydrogen-bond acceptors (Lipinski definition) is 1. The van der Waals surface area contributed by atoms with Crippen LogP contribution in [-0.2, 0) is 4.79 Å². The van der Waals surface area contributed by atoms with Crippen LogP contribution in [0.2, 0.25) is 0 Å². The lowest BCUT2D eigenvalue weighted by Crippen LogP contribution is -2.28. The molecule has 128 valence electrons. The summed E-state index contributed by atoms with van der Waals surface area (Å²) in [6.07, 6.45) is 1.58. The molecule has 2 aromatic rings. The maximum atomic E-state index is 13.2. The molecule has 0 aliphatic carbocycles. The fourth-order valence-electron chi connectivity index (χ4n) is 2.64. The van der Waals surface area contributed by atoms with Gasteiger partial charge in [-0.2, -0.15) is 0 Å². The third kappa shape index (κ3) is 5.15. The Bertz CT molecular complexity index is 605. The molecule has 2 aromatic carbocycles. The fraction of sp³-hybridized carbons (Fsp3) is 0.350. The van der Waals surface area contributed by atoms with Crippen molar-refractivity contribution in [1.29, 1.82) is 0 Å². The summed E-state index contributed by atoms with van der Waals surface area (Å²) in [5.41, 5.74) is 1.97. The van der Waals surface area contributed by atoms with Gasteiger partial charge in [-0.25, -0.2) is 8.78 Å². The molecule has 0 aliphatic rings. The Morgan fingerprint density at radius 3 is 1.79 bits per heavy atom. The molecule has 0 saturated heterocycles. The Kier molecular flexibility index (Phi) is 6.47. The van der Waals surface area contributed by atoms with Crippen molar-refractivity contribution in [1.82, 2.24) is 5.32 Å². The van der Waals surface area contributed by atoms with E-state index in [1.807, 2.05) is 13.8 Å². The lowest BCUT2D eigenvalue weighted by atomic mass is 9.87. The van der Waals surface area contributed by atoms with E-state index in [1.165, 1.54) is 24.3 Å². The SMILES string of the molecule is CC(C)C(=O)NCCCC(c1ccc(F)cc1)c1ccc(F)cc1. The Morgan fingerprint density at radius 2 is 1.38 bits per heavy atom. The zero-order chi connectivity index (χ0) is 17.5. The Labute approximate surface area is 141 Å². The van der Waals surface area contributed by atoms with E-state index in [1.54, 1.807) is 24.3 Å². The van der Waals surface area contributed by atoms with Crippen molar-refractivity contribution in [2.24, 2.45) is 5.92 Å². The number of carbonyl (C=O) groups is 1. The van der Waals surface area contributed by atoms with E-state index < -0.39 is 0 Å². The van der Waals surface area contributed by atoms with Crippen molar-refractivity contribution in [3.05, 3.63) is 71.3 Å². The molecule has 0 saturated carbocycles. The van der Waals surface area contributed by atoms with Crippen LogP contribution in [0, 0.1) is 17.6 Å². The van der Waals surface area contributed by atoms with Crippen molar-refractivity contribution in [2.75, 3.05) is 6.54 Å². The van der Waals surface area contributed by atoms with Gasteiger partial charge in [0, 0.05) is 18.4 Å². The van der Waals surface area contributed by atoms with Crippen LogP contribution >= 0.6 is 0 Å². The third-order valence-corrected chi connectivity index (χ3v) is 4.04. The van der Waals surface area contributed by atoms with Gasteiger partial charge < -0.3 is 5.32 Å². The molecule has 0 unspecified atom stereocenters. The molecule has 0 bridgehead atoms. The van der Waals surface area contributed by atoms with Crippen LogP contribution in [0.1, 0.15) is 43.7 Å². The molecule has 0 aliphatic heterocycles. The van der Waals surface area contributed by atoms with Crippen LogP contribution in [0.4, 0.5) is 8.78 Å². The second-order valence-corrected chi connectivity index (χ2v) is 6.24. The molecular formula is C20H23F2NO. The van der Waals surface area contributed by atoms with Crippen LogP contribution in [-0.4, -0.2) is 12.5 Å². The molecule has 0 radical (unpaired) electrons. The third-order valence-electron chi connectivity index (χ3n) is 4.04. The monoisotopic (exact) mass is 331 g/mol. The minimum atomic E-state index is -0.277. The molecular weight excluding hydrogens is 308 g/mol. The van der Waals surface area contributed by atoms with Gasteiger partial charge in [-0.1, -0.05) is 38.1 Å². The quantitative estimate of drug-likeness (QED) is 0.735. The highest BCUT2D eigenvalue weighted by molar-refractivity contribution is 5.77. The van der Waals surface area contributed by atoms with Crippen molar-refractivity contribution in [3.8, 4) is 0 Å². The standard InChI is InChI=1S/C20H23F2NO/c1-14(2)20(24)23-13-3-4-19(15-5-9-17(21)10-6-15)16-7-11-18(22)12-8-16/h5-12,14,19H,3-4,13H2,1-2H3,(H,23,24). The van der Waals surface area contributed by atoms with E-state index >= 15 is 0 Å². The number of halogens is 2. The summed E-state index contributed by atoms with van der Waals surface area (Å²) in [4.78, 5) is 11.6. The normalized spacial score (nSPS) is 11.1. The van der Waals surface area contributed by atoms with E-state index in [2.05, 4.69) is 5.32 Å². The smallest absolute Gasteiger partial charge is 0.222 e. The first kappa shape index (κ1) is 18.1. The molecule has 0 heterocycles. The van der Waals surface area contributed by atoms with Gasteiger partial charge in [-0.05, 0) is 48.2 Å². The molecule has 4 heteroatoms. The van der Waals surface area contributed by atoms with E-state index in [-0.39, 0.29) is 29.4 Å². The van der Waals surface area contributed by atoms with Crippen molar-refractivity contribution in [3.63, 3.8) is 0 Å². The van der Waals surface area contributed by atoms with Gasteiger partial charge in [0.25, 0.3) is 0 Å². The van der Waals surface area contributed by atoms with E-state index in [9.17, 15) is 13.6 Å². The average molecular weight is 331 g/mol. The molecule has 2 nitrogen and oxygen atoms in total. The van der Waals surface area contributed by atoms with Crippen LogP contribution in [0.3, 0.4) is 0 Å². The summed E-state index contributed by atoms with van der Waals surface area (Å²) in [5, 5.41) is 2.90. The summed E-state index contributed by atoms with van der Waals surface area (Å²) in [7, 11) is 0. The minimum absolute atomic E-state index is 0.0324. The van der Waals surface area contributed by atoms with Gasteiger partial charge in [-0.3, -0.25) is 4.79 Å². The highest BCUT2D eigenvalue weighted by Crippen LogP contribution is 2.29. The highest BCUT2D eigenvalue weighted by atomic mass is 19.1. The maximum Gasteiger partial charge on any atom is 0.222 e. The molecule has 0 fully saturated rings. The van der Waals surface area contributed by atoms with E-state index in [0.29, 0.717) is 6.54 Å². The zero-order valence-corrected chi connectivity index (χ0v) is 14.1. The van der Waals surface area contributed by atoms with Gasteiger partial charge >= 0.3 is 0 Å². The summed E-state index contributed by atoms with van der Waals surface area (Å²) >= 11 is 0. The predicted octanol–water partition coefficient (Wildman–Crippen LogP) is 4.65. The van der Waals surface area contributed by atoms with Crippen LogP contribution < -0.4 is 5.32 Å². The van der Waals surface area contributed by atoms with Crippen molar-refractivity contribution in [2.45, 2.75) is 32.6 Å². The summed E-state index contributed by atoms with van der Waals surface area (Å²) in [5.74, 6) is -0.506. The Balaban J connectivity index is 2.07. The van der Waals surface area contributed by atoms with Gasteiger partial charge in [0.1, 0.15) is 11.6 Å². The number of hydrogen-bond donors (Lipinski definition) is 1. The molecule has 1 N–H and O–H groups in total. The van der Waals surface area contributed by atoms with Crippen molar-refractivity contribution >= 4 is 5.91 Å². The first-order chi connectivity index (χ1) is 11.5. The highest BCUT2D eigenvalue weighted by Gasteiger charge is 2.15. The van der Waals surface area contributed by atoms with E-state index in [0.717, 1.165) is 24.0 Å². The summed E-state index contributed by atoms with van der Waals surface area (Å²) in [6, 6.07) is 12.8. The molecule has 0 aromatic heterocycles. The van der Waals surface area contributed by atoms with E-state index in [4.69, 9.17) is 0 Å². The van der Waals surface area contributed by atoms with Crippen LogP contribution in [0.15, 0.2) is 48.5 Å². The summed E-state index contributed by atoms with van der Waals surface area (Å²) in [6.45, 7) is 4.31. The number of nitrogens with one attached hydrogen (secondary N) is 1. The van der Waals surface area contributed by atoms with Crippen molar-refractivity contribution < 1.29 is 13.6 Å². The average Bonchev–Trinajstić information content (AvgIpc) is 2.57. The second kappa shape index (κ2) is 8.57.